The number of phenolic OH excluding ortho intramolecular Hbond substituents is 1. The summed E-state index contributed by atoms with van der Waals surface area (Å²) in [4.78, 5) is 0.546. The van der Waals surface area contributed by atoms with Crippen LogP contribution in [0.3, 0.4) is 0 Å². The Morgan fingerprint density at radius 3 is 2.22 bits per heavy atom. The zero-order valence-electron chi connectivity index (χ0n) is 13.3. The molecule has 3 rings (SSSR count). The van der Waals surface area contributed by atoms with E-state index in [0.29, 0.717) is 4.90 Å². The van der Waals surface area contributed by atoms with Crippen molar-refractivity contribution in [3.8, 4) is 5.75 Å². The summed E-state index contributed by atoms with van der Waals surface area (Å²) in [5, 5.41) is 10.1. The molecular formula is C18H19NO3S. The van der Waals surface area contributed by atoms with Crippen LogP contribution in [0.15, 0.2) is 58.3 Å². The maximum atomic E-state index is 13.2. The molecule has 0 saturated heterocycles. The number of aryl methyl sites for hydroxylation is 1. The van der Waals surface area contributed by atoms with Gasteiger partial charge in [0, 0.05) is 23.6 Å². The quantitative estimate of drug-likeness (QED) is 0.794. The first-order valence-corrected chi connectivity index (χ1v) is 8.93. The lowest BCUT2D eigenvalue weighted by Gasteiger charge is -2.12. The second-order valence-electron chi connectivity index (χ2n) is 5.94. The number of hydrogen-bond donors (Lipinski definition) is 1. The highest BCUT2D eigenvalue weighted by Crippen LogP contribution is 2.37. The number of para-hydroxylation sites is 1. The van der Waals surface area contributed by atoms with Crippen LogP contribution < -0.4 is 0 Å². The number of sulfone groups is 1. The van der Waals surface area contributed by atoms with Gasteiger partial charge in [-0.1, -0.05) is 32.0 Å². The fourth-order valence-corrected chi connectivity index (χ4v) is 4.89. The number of fused-ring (bicyclic) bond motifs is 1. The minimum Gasteiger partial charge on any atom is -0.508 e. The zero-order valence-corrected chi connectivity index (χ0v) is 14.1. The molecule has 0 fully saturated rings. The minimum atomic E-state index is -3.67. The first-order chi connectivity index (χ1) is 10.8. The highest BCUT2D eigenvalue weighted by molar-refractivity contribution is 7.91. The molecule has 1 aromatic heterocycles. The molecule has 0 aliphatic heterocycles. The predicted molar refractivity (Wildman–Crippen MR) is 90.6 cm³/mol. The first-order valence-electron chi connectivity index (χ1n) is 7.45. The number of aromatic hydroxyl groups is 1. The minimum absolute atomic E-state index is 0.0472. The monoisotopic (exact) mass is 329 g/mol. The number of hydrogen-bond acceptors (Lipinski definition) is 3. The van der Waals surface area contributed by atoms with Crippen molar-refractivity contribution in [2.75, 3.05) is 0 Å². The first kappa shape index (κ1) is 15.6. The van der Waals surface area contributed by atoms with Crippen LogP contribution in [-0.4, -0.2) is 18.1 Å². The van der Waals surface area contributed by atoms with Gasteiger partial charge in [-0.05, 0) is 36.2 Å². The van der Waals surface area contributed by atoms with Crippen molar-refractivity contribution < 1.29 is 13.5 Å². The molecule has 5 heteroatoms. The predicted octanol–water partition coefficient (Wildman–Crippen LogP) is 3.84. The molecule has 0 aliphatic rings. The second-order valence-corrected chi connectivity index (χ2v) is 7.83. The van der Waals surface area contributed by atoms with Crippen molar-refractivity contribution in [3.05, 3.63) is 54.2 Å². The Balaban J connectivity index is 2.39. The van der Waals surface area contributed by atoms with Crippen LogP contribution in [0.25, 0.3) is 10.9 Å². The molecular weight excluding hydrogens is 310 g/mol. The van der Waals surface area contributed by atoms with E-state index in [2.05, 4.69) is 0 Å². The molecule has 23 heavy (non-hydrogen) atoms. The summed E-state index contributed by atoms with van der Waals surface area (Å²) in [7, 11) is -1.77. The molecule has 1 heterocycles. The van der Waals surface area contributed by atoms with E-state index in [0.717, 1.165) is 16.6 Å². The maximum Gasteiger partial charge on any atom is 0.209 e. The van der Waals surface area contributed by atoms with Crippen molar-refractivity contribution in [2.45, 2.75) is 29.6 Å². The van der Waals surface area contributed by atoms with Gasteiger partial charge < -0.3 is 9.67 Å². The lowest BCUT2D eigenvalue weighted by molar-refractivity contribution is 0.475. The number of nitrogens with zero attached hydrogens (tertiary/aromatic N) is 1. The van der Waals surface area contributed by atoms with Gasteiger partial charge in [0.25, 0.3) is 0 Å². The maximum absolute atomic E-state index is 13.2. The van der Waals surface area contributed by atoms with Gasteiger partial charge >= 0.3 is 0 Å². The summed E-state index contributed by atoms with van der Waals surface area (Å²) in [5.41, 5.74) is 1.69. The Kier molecular flexibility index (Phi) is 3.68. The molecule has 0 unspecified atom stereocenters. The normalized spacial score (nSPS) is 12.2. The highest BCUT2D eigenvalue weighted by Gasteiger charge is 2.29. The topological polar surface area (TPSA) is 59.3 Å². The van der Waals surface area contributed by atoms with Gasteiger partial charge in [-0.2, -0.15) is 0 Å². The Labute approximate surface area is 135 Å². The standard InChI is InChI=1S/C18H19NO3S/c1-12(2)17-18(15-6-4-5-7-16(15)19(17)3)23(21,22)14-10-8-13(20)9-11-14/h4-12,20H,1-3H3. The zero-order chi connectivity index (χ0) is 16.8. The van der Waals surface area contributed by atoms with Crippen LogP contribution in [0, 0.1) is 0 Å². The largest absolute Gasteiger partial charge is 0.508 e. The molecule has 0 radical (unpaired) electrons. The van der Waals surface area contributed by atoms with Crippen molar-refractivity contribution in [1.82, 2.24) is 4.57 Å². The average Bonchev–Trinajstić information content (AvgIpc) is 2.82. The molecule has 0 spiro atoms. The average molecular weight is 329 g/mol. The van der Waals surface area contributed by atoms with Crippen LogP contribution in [0.1, 0.15) is 25.5 Å². The van der Waals surface area contributed by atoms with Crippen molar-refractivity contribution in [2.24, 2.45) is 7.05 Å². The highest BCUT2D eigenvalue weighted by atomic mass is 32.2. The van der Waals surface area contributed by atoms with Crippen molar-refractivity contribution >= 4 is 20.7 Å². The van der Waals surface area contributed by atoms with Gasteiger partial charge in [-0.25, -0.2) is 8.42 Å². The van der Waals surface area contributed by atoms with Crippen molar-refractivity contribution in [1.29, 1.82) is 0 Å². The molecule has 120 valence electrons. The van der Waals surface area contributed by atoms with Gasteiger partial charge in [-0.15, -0.1) is 0 Å². The summed E-state index contributed by atoms with van der Waals surface area (Å²) in [5.74, 6) is 0.111. The van der Waals surface area contributed by atoms with Crippen LogP contribution in [-0.2, 0) is 16.9 Å². The van der Waals surface area contributed by atoms with E-state index in [4.69, 9.17) is 0 Å². The van der Waals surface area contributed by atoms with E-state index in [9.17, 15) is 13.5 Å². The summed E-state index contributed by atoms with van der Waals surface area (Å²) in [6.45, 7) is 3.98. The Hall–Kier alpha value is -2.27. The van der Waals surface area contributed by atoms with Crippen LogP contribution in [0.2, 0.25) is 0 Å². The lowest BCUT2D eigenvalue weighted by atomic mass is 10.1. The fourth-order valence-electron chi connectivity index (χ4n) is 3.05. The summed E-state index contributed by atoms with van der Waals surface area (Å²) in [6.07, 6.45) is 0. The SMILES string of the molecule is CC(C)c1c(S(=O)(=O)c2ccc(O)cc2)c2ccccc2n1C. The Morgan fingerprint density at radius 1 is 1.00 bits per heavy atom. The van der Waals surface area contributed by atoms with Gasteiger partial charge in [0.2, 0.25) is 9.84 Å². The van der Waals surface area contributed by atoms with Crippen LogP contribution in [0.5, 0.6) is 5.75 Å². The van der Waals surface area contributed by atoms with E-state index in [1.807, 2.05) is 49.7 Å². The second kappa shape index (κ2) is 5.42. The molecule has 0 atom stereocenters. The molecule has 0 saturated carbocycles. The van der Waals surface area contributed by atoms with Crippen LogP contribution in [0.4, 0.5) is 0 Å². The smallest absolute Gasteiger partial charge is 0.209 e. The summed E-state index contributed by atoms with van der Waals surface area (Å²) < 4.78 is 28.4. The van der Waals surface area contributed by atoms with Gasteiger partial charge in [0.15, 0.2) is 0 Å². The Bertz CT molecular complexity index is 967. The van der Waals surface area contributed by atoms with Crippen LogP contribution >= 0.6 is 0 Å². The lowest BCUT2D eigenvalue weighted by Crippen LogP contribution is -2.08. The van der Waals surface area contributed by atoms with Gasteiger partial charge in [0.05, 0.1) is 4.90 Å². The summed E-state index contributed by atoms with van der Waals surface area (Å²) in [6, 6.07) is 13.2. The Morgan fingerprint density at radius 2 is 1.61 bits per heavy atom. The third-order valence-electron chi connectivity index (χ3n) is 4.07. The molecule has 1 N–H and O–H groups in total. The van der Waals surface area contributed by atoms with E-state index in [1.165, 1.54) is 24.3 Å². The van der Waals surface area contributed by atoms with Gasteiger partial charge in [0.1, 0.15) is 10.6 Å². The number of rotatable bonds is 3. The third kappa shape index (κ3) is 2.41. The molecule has 4 nitrogen and oxygen atoms in total. The van der Waals surface area contributed by atoms with E-state index < -0.39 is 9.84 Å². The van der Waals surface area contributed by atoms with E-state index >= 15 is 0 Å². The molecule has 0 amide bonds. The third-order valence-corrected chi connectivity index (χ3v) is 5.93. The molecule has 3 aromatic rings. The number of aromatic nitrogens is 1. The number of phenols is 1. The molecule has 0 bridgehead atoms. The van der Waals surface area contributed by atoms with E-state index in [-0.39, 0.29) is 16.6 Å². The summed E-state index contributed by atoms with van der Waals surface area (Å²) >= 11 is 0. The molecule has 2 aromatic carbocycles. The fraction of sp³-hybridized carbons (Fsp3) is 0.222. The van der Waals surface area contributed by atoms with Gasteiger partial charge in [-0.3, -0.25) is 0 Å². The van der Waals surface area contributed by atoms with Crippen molar-refractivity contribution in [3.63, 3.8) is 0 Å². The molecule has 0 aliphatic carbocycles. The number of benzene rings is 2. The van der Waals surface area contributed by atoms with E-state index in [1.54, 1.807) is 0 Å².